The molecule has 1 N–H and O–H groups in total. The maximum Gasteiger partial charge on any atom is 0.333 e. The number of ether oxygens (including phenoxy) is 1. The van der Waals surface area contributed by atoms with Gasteiger partial charge >= 0.3 is 5.97 Å². The van der Waals surface area contributed by atoms with E-state index in [0.29, 0.717) is 18.7 Å². The van der Waals surface area contributed by atoms with Crippen LogP contribution >= 0.6 is 0 Å². The van der Waals surface area contributed by atoms with Crippen LogP contribution in [0.2, 0.25) is 0 Å². The highest BCUT2D eigenvalue weighted by atomic mass is 16.5. The van der Waals surface area contributed by atoms with Crippen molar-refractivity contribution in [2.24, 2.45) is 0 Å². The second kappa shape index (κ2) is 5.31. The molecule has 0 spiro atoms. The number of rotatable bonds is 3. The van der Waals surface area contributed by atoms with Crippen molar-refractivity contribution in [3.8, 4) is 0 Å². The topological polar surface area (TPSA) is 58.6 Å². The van der Waals surface area contributed by atoms with E-state index in [2.05, 4.69) is 10.1 Å². The summed E-state index contributed by atoms with van der Waals surface area (Å²) in [4.78, 5) is 25.0. The fourth-order valence-corrected chi connectivity index (χ4v) is 1.75. The summed E-state index contributed by atoms with van der Waals surface area (Å²) in [6.45, 7) is 7.47. The second-order valence-corrected chi connectivity index (χ2v) is 4.64. The molecule has 0 aliphatic carbocycles. The Bertz CT molecular complexity index is 348. The van der Waals surface area contributed by atoms with Gasteiger partial charge in [0.2, 0.25) is 5.91 Å². The van der Waals surface area contributed by atoms with E-state index >= 15 is 0 Å². The third kappa shape index (κ3) is 3.06. The molecule has 5 nitrogen and oxygen atoms in total. The average Bonchev–Trinajstić information content (AvgIpc) is 2.29. The fraction of sp³-hybridized carbons (Fsp3) is 0.667. The Morgan fingerprint density at radius 1 is 1.59 bits per heavy atom. The third-order valence-corrected chi connectivity index (χ3v) is 3.14. The maximum absolute atomic E-state index is 11.7. The Balaban J connectivity index is 2.68. The van der Waals surface area contributed by atoms with Crippen LogP contribution in [-0.2, 0) is 14.3 Å². The minimum Gasteiger partial charge on any atom is -0.466 e. The lowest BCUT2D eigenvalue weighted by Gasteiger charge is -2.40. The molecule has 17 heavy (non-hydrogen) atoms. The molecule has 0 saturated carbocycles. The van der Waals surface area contributed by atoms with Gasteiger partial charge in [0.05, 0.1) is 12.6 Å². The summed E-state index contributed by atoms with van der Waals surface area (Å²) in [5.74, 6) is -0.308. The molecule has 0 aromatic carbocycles. The molecule has 96 valence electrons. The number of carbonyl (C=O) groups excluding carboxylic acids is 2. The lowest BCUT2D eigenvalue weighted by atomic mass is 9.99. The van der Waals surface area contributed by atoms with Gasteiger partial charge < -0.3 is 10.1 Å². The van der Waals surface area contributed by atoms with Crippen molar-refractivity contribution in [3.63, 3.8) is 0 Å². The first kappa shape index (κ1) is 13.7. The molecule has 1 amide bonds. The summed E-state index contributed by atoms with van der Waals surface area (Å²) in [5.41, 5.74) is 0.0276. The van der Waals surface area contributed by atoms with Gasteiger partial charge in [0.1, 0.15) is 0 Å². The zero-order chi connectivity index (χ0) is 13.1. The van der Waals surface area contributed by atoms with E-state index in [1.54, 1.807) is 13.0 Å². The van der Waals surface area contributed by atoms with Crippen molar-refractivity contribution in [2.75, 3.05) is 26.7 Å². The molecule has 0 aromatic heterocycles. The monoisotopic (exact) mass is 240 g/mol. The van der Waals surface area contributed by atoms with Crippen LogP contribution in [0.4, 0.5) is 0 Å². The lowest BCUT2D eigenvalue weighted by molar-refractivity contribution is -0.136. The summed E-state index contributed by atoms with van der Waals surface area (Å²) in [5, 5.41) is 2.83. The minimum atomic E-state index is -0.537. The molecule has 0 aromatic rings. The first-order valence-corrected chi connectivity index (χ1v) is 5.68. The van der Waals surface area contributed by atoms with E-state index in [1.165, 1.54) is 7.11 Å². The standard InChI is InChI=1S/C12H20N2O3/c1-9(10(15)17-4)5-7-14-8-6-13-11(16)12(14,2)3/h5H,6-8H2,1-4H3,(H,13,16). The average molecular weight is 240 g/mol. The number of amides is 1. The molecule has 5 heteroatoms. The van der Waals surface area contributed by atoms with Gasteiger partial charge in [0, 0.05) is 25.2 Å². The third-order valence-electron chi connectivity index (χ3n) is 3.14. The molecule has 0 atom stereocenters. The zero-order valence-electron chi connectivity index (χ0n) is 10.9. The Morgan fingerprint density at radius 3 is 2.82 bits per heavy atom. The Hall–Kier alpha value is -1.36. The number of nitrogens with one attached hydrogen (secondary N) is 1. The van der Waals surface area contributed by atoms with Gasteiger partial charge in [-0.1, -0.05) is 6.08 Å². The molecule has 1 rings (SSSR count). The van der Waals surface area contributed by atoms with Gasteiger partial charge in [-0.25, -0.2) is 4.79 Å². The zero-order valence-corrected chi connectivity index (χ0v) is 10.9. The molecular formula is C12H20N2O3. The van der Waals surface area contributed by atoms with Gasteiger partial charge in [0.25, 0.3) is 0 Å². The summed E-state index contributed by atoms with van der Waals surface area (Å²) >= 11 is 0. The van der Waals surface area contributed by atoms with Crippen LogP contribution in [0, 0.1) is 0 Å². The van der Waals surface area contributed by atoms with Crippen LogP contribution < -0.4 is 5.32 Å². The van der Waals surface area contributed by atoms with Crippen molar-refractivity contribution in [1.29, 1.82) is 0 Å². The maximum atomic E-state index is 11.7. The molecule has 1 fully saturated rings. The number of piperazine rings is 1. The van der Waals surface area contributed by atoms with E-state index in [4.69, 9.17) is 0 Å². The SMILES string of the molecule is COC(=O)C(C)=CCN1CCNC(=O)C1(C)C. The molecule has 1 aliphatic rings. The molecule has 1 saturated heterocycles. The first-order chi connectivity index (χ1) is 7.89. The van der Waals surface area contributed by atoms with Gasteiger partial charge in [-0.2, -0.15) is 0 Å². The highest BCUT2D eigenvalue weighted by Crippen LogP contribution is 2.17. The van der Waals surface area contributed by atoms with E-state index in [0.717, 1.165) is 6.54 Å². The van der Waals surface area contributed by atoms with E-state index < -0.39 is 5.54 Å². The van der Waals surface area contributed by atoms with E-state index in [1.807, 2.05) is 18.7 Å². The van der Waals surface area contributed by atoms with Crippen LogP contribution in [0.15, 0.2) is 11.6 Å². The van der Waals surface area contributed by atoms with Crippen LogP contribution in [-0.4, -0.2) is 49.1 Å². The molecular weight excluding hydrogens is 220 g/mol. The number of carbonyl (C=O) groups is 2. The van der Waals surface area contributed by atoms with Crippen molar-refractivity contribution >= 4 is 11.9 Å². The van der Waals surface area contributed by atoms with Crippen LogP contribution in [0.3, 0.4) is 0 Å². The number of hydrogen-bond acceptors (Lipinski definition) is 4. The van der Waals surface area contributed by atoms with E-state index in [-0.39, 0.29) is 11.9 Å². The molecule has 0 unspecified atom stereocenters. The predicted octanol–water partition coefficient (Wildman–Crippen LogP) is 0.316. The van der Waals surface area contributed by atoms with Gasteiger partial charge in [-0.05, 0) is 20.8 Å². The summed E-state index contributed by atoms with van der Waals surface area (Å²) in [6.07, 6.45) is 1.80. The Morgan fingerprint density at radius 2 is 2.24 bits per heavy atom. The van der Waals surface area contributed by atoms with Crippen LogP contribution in [0.5, 0.6) is 0 Å². The van der Waals surface area contributed by atoms with Gasteiger partial charge in [-0.15, -0.1) is 0 Å². The number of methoxy groups -OCH3 is 1. The Labute approximate surface area is 102 Å². The quantitative estimate of drug-likeness (QED) is 0.570. The smallest absolute Gasteiger partial charge is 0.333 e. The number of nitrogens with zero attached hydrogens (tertiary/aromatic N) is 1. The predicted molar refractivity (Wildman–Crippen MR) is 64.4 cm³/mol. The van der Waals surface area contributed by atoms with Gasteiger partial charge in [-0.3, -0.25) is 9.69 Å². The summed E-state index contributed by atoms with van der Waals surface area (Å²) in [7, 11) is 1.36. The highest BCUT2D eigenvalue weighted by Gasteiger charge is 2.36. The Kier molecular flexibility index (Phi) is 4.28. The molecule has 0 radical (unpaired) electrons. The van der Waals surface area contributed by atoms with Crippen molar-refractivity contribution < 1.29 is 14.3 Å². The lowest BCUT2D eigenvalue weighted by Crippen LogP contribution is -2.61. The van der Waals surface area contributed by atoms with Crippen molar-refractivity contribution in [2.45, 2.75) is 26.3 Å². The second-order valence-electron chi connectivity index (χ2n) is 4.64. The van der Waals surface area contributed by atoms with Crippen molar-refractivity contribution in [3.05, 3.63) is 11.6 Å². The molecule has 1 aliphatic heterocycles. The van der Waals surface area contributed by atoms with Crippen LogP contribution in [0.25, 0.3) is 0 Å². The fourth-order valence-electron chi connectivity index (χ4n) is 1.75. The summed E-state index contributed by atoms with van der Waals surface area (Å²) < 4.78 is 4.62. The normalized spacial score (nSPS) is 20.9. The largest absolute Gasteiger partial charge is 0.466 e. The summed E-state index contributed by atoms with van der Waals surface area (Å²) in [6, 6.07) is 0. The van der Waals surface area contributed by atoms with E-state index in [9.17, 15) is 9.59 Å². The van der Waals surface area contributed by atoms with Crippen LogP contribution in [0.1, 0.15) is 20.8 Å². The minimum absolute atomic E-state index is 0.0212. The molecule has 1 heterocycles. The van der Waals surface area contributed by atoms with Gasteiger partial charge in [0.15, 0.2) is 0 Å². The number of esters is 1. The molecule has 0 bridgehead atoms. The van der Waals surface area contributed by atoms with Crippen molar-refractivity contribution in [1.82, 2.24) is 10.2 Å². The first-order valence-electron chi connectivity index (χ1n) is 5.68. The highest BCUT2D eigenvalue weighted by molar-refractivity contribution is 5.88. The number of hydrogen-bond donors (Lipinski definition) is 1.